The number of carboxylic acids is 1. The zero-order chi connectivity index (χ0) is 31.3. The van der Waals surface area contributed by atoms with Gasteiger partial charge in [-0.15, -0.1) is 0 Å². The van der Waals surface area contributed by atoms with E-state index < -0.39 is 24.0 Å². The number of hydrogen-bond donors (Lipinski definition) is 2. The molecule has 4 atom stereocenters. The maximum atomic E-state index is 13.6. The van der Waals surface area contributed by atoms with Crippen LogP contribution in [-0.4, -0.2) is 125 Å². The maximum Gasteiger partial charge on any atom is 0.352 e. The van der Waals surface area contributed by atoms with Gasteiger partial charge >= 0.3 is 5.97 Å². The van der Waals surface area contributed by atoms with Crippen LogP contribution in [0.2, 0.25) is 0 Å². The molecule has 46 heavy (non-hydrogen) atoms. The van der Waals surface area contributed by atoms with Gasteiger partial charge < -0.3 is 53.8 Å². The molecule has 4 saturated heterocycles. The second-order valence-corrected chi connectivity index (χ2v) is 13.9. The highest BCUT2D eigenvalue weighted by Gasteiger charge is 2.60. The van der Waals surface area contributed by atoms with E-state index >= 15 is 0 Å². The van der Waals surface area contributed by atoms with E-state index in [1.165, 1.54) is 4.90 Å². The number of aliphatic hydroxyl groups is 1. The van der Waals surface area contributed by atoms with Crippen molar-refractivity contribution in [1.29, 1.82) is 0 Å². The minimum absolute atomic E-state index is 0. The number of carbonyl (C=O) groups is 4. The fourth-order valence-corrected chi connectivity index (χ4v) is 8.58. The number of benzene rings is 2. The fraction of sp³-hybridized carbons (Fsp3) is 0.471. The third kappa shape index (κ3) is 4.97. The highest BCUT2D eigenvalue weighted by molar-refractivity contribution is 6.22. The smallest absolute Gasteiger partial charge is 0.352 e. The molecule has 12 heteroatoms. The van der Waals surface area contributed by atoms with Crippen LogP contribution in [0.15, 0.2) is 42.1 Å². The second kappa shape index (κ2) is 11.8. The number of amides is 2. The minimum atomic E-state index is -1.17. The van der Waals surface area contributed by atoms with Crippen LogP contribution in [0.25, 0.3) is 16.7 Å². The number of nitrogens with zero attached hydrogens (tertiary/aromatic N) is 4. The van der Waals surface area contributed by atoms with E-state index in [1.54, 1.807) is 24.0 Å². The maximum absolute atomic E-state index is 13.6. The van der Waals surface area contributed by atoms with E-state index in [2.05, 4.69) is 6.07 Å². The number of carboxylic acid groups (broad SMARTS) is 1. The third-order valence-electron chi connectivity index (χ3n) is 11.2. The van der Waals surface area contributed by atoms with Gasteiger partial charge in [0.15, 0.2) is 12.3 Å². The summed E-state index contributed by atoms with van der Waals surface area (Å²) in [5.41, 5.74) is 5.23. The first-order valence-corrected chi connectivity index (χ1v) is 15.6. The highest BCUT2D eigenvalue weighted by Crippen LogP contribution is 2.51. The van der Waals surface area contributed by atoms with Crippen LogP contribution in [0.3, 0.4) is 0 Å². The average molecular weight is 672 g/mol. The van der Waals surface area contributed by atoms with E-state index in [0.717, 1.165) is 71.5 Å². The van der Waals surface area contributed by atoms with Crippen molar-refractivity contribution < 1.29 is 63.2 Å². The number of aliphatic carboxylic acids is 1. The highest BCUT2D eigenvalue weighted by atomic mass is 35.5. The van der Waals surface area contributed by atoms with Crippen LogP contribution in [0.4, 0.5) is 0 Å². The van der Waals surface area contributed by atoms with Gasteiger partial charge in [-0.25, -0.2) is 4.79 Å². The molecule has 1 aliphatic carbocycles. The monoisotopic (exact) mass is 670 g/mol. The van der Waals surface area contributed by atoms with Crippen LogP contribution >= 0.6 is 0 Å². The Hall–Kier alpha value is -3.28. The lowest BCUT2D eigenvalue weighted by Crippen LogP contribution is -3.00. The number of piperazine rings is 3. The van der Waals surface area contributed by atoms with Crippen LogP contribution in [0.5, 0.6) is 0 Å². The number of β-lactam (4-membered cyclic amide) rings is 1. The van der Waals surface area contributed by atoms with Gasteiger partial charge in [-0.1, -0.05) is 25.1 Å². The first-order chi connectivity index (χ1) is 20.9. The van der Waals surface area contributed by atoms with Crippen LogP contribution in [-0.2, 0) is 20.9 Å². The van der Waals surface area contributed by atoms with Crippen molar-refractivity contribution in [3.8, 4) is 11.1 Å². The fourth-order valence-electron chi connectivity index (χ4n) is 8.58. The quantitative estimate of drug-likeness (QED) is 0.195. The molecule has 4 fully saturated rings. The van der Waals surface area contributed by atoms with Gasteiger partial charge in [-0.3, -0.25) is 14.4 Å². The van der Waals surface area contributed by atoms with Gasteiger partial charge in [0, 0.05) is 36.7 Å². The normalized spacial score (nSPS) is 29.2. The average Bonchev–Trinajstić information content (AvgIpc) is 3.41. The topological polar surface area (TPSA) is 115 Å². The molecule has 5 heterocycles. The number of quaternary nitrogens is 2. The van der Waals surface area contributed by atoms with Gasteiger partial charge in [-0.2, -0.15) is 0 Å². The summed E-state index contributed by atoms with van der Waals surface area (Å²) in [6.45, 7) is 10.9. The zero-order valence-corrected chi connectivity index (χ0v) is 28.0. The Bertz CT molecular complexity index is 1660. The number of carbonyl (C=O) groups excluding carboxylic acids is 3. The number of ketones is 1. The Kier molecular flexibility index (Phi) is 8.70. The van der Waals surface area contributed by atoms with Crippen molar-refractivity contribution in [2.24, 2.45) is 11.8 Å². The van der Waals surface area contributed by atoms with Crippen molar-refractivity contribution in [1.82, 2.24) is 9.80 Å². The molecular formula is C34H40Cl2N4O6. The molecule has 0 unspecified atom stereocenters. The lowest BCUT2D eigenvalue weighted by molar-refractivity contribution is -1.08. The number of likely N-dealkylation sites (N-methyl/N-ethyl adjacent to an activating group) is 1. The van der Waals surface area contributed by atoms with Gasteiger partial charge in [0.05, 0.1) is 18.1 Å². The number of aliphatic hydroxyl groups excluding tert-OH is 1. The molecule has 0 spiro atoms. The standard InChI is InChI=1S/C34H39N4O6.2ClH/c1-19-28(31(34(43)44)36-30(19)29(20(2)39)33(36)42)22-6-8-24-25(16-22)23-7-5-21(15-26(23)32(24)41)17-37-9-12-38(13-10-37,14-11-37)18-27(40)35(3)4;;/h5-8,15-16,19-20,29-30,39H,9-14,17-18H2,1-4H3;2*1H/q+1;;/p-1/t19-,20+,29+,30+,37?,38?;;/m0../s1. The Balaban J connectivity index is 0.00000208. The predicted octanol–water partition coefficient (Wildman–Crippen LogP) is -4.19. The van der Waals surface area contributed by atoms with E-state index in [9.17, 15) is 29.4 Å². The first kappa shape index (κ1) is 34.1. The summed E-state index contributed by atoms with van der Waals surface area (Å²) < 4.78 is 1.86. The Morgan fingerprint density at radius 3 is 2.11 bits per heavy atom. The Morgan fingerprint density at radius 1 is 0.913 bits per heavy atom. The summed E-state index contributed by atoms with van der Waals surface area (Å²) in [6.07, 6.45) is -0.867. The van der Waals surface area contributed by atoms with Gasteiger partial charge in [-0.05, 0) is 47.4 Å². The largest absolute Gasteiger partial charge is 1.00 e. The summed E-state index contributed by atoms with van der Waals surface area (Å²) in [5, 5.41) is 20.3. The van der Waals surface area contributed by atoms with Gasteiger partial charge in [0.25, 0.3) is 5.91 Å². The number of rotatable bonds is 7. The molecule has 5 aliphatic heterocycles. The molecule has 2 amide bonds. The lowest BCUT2D eigenvalue weighted by Gasteiger charge is -2.55. The van der Waals surface area contributed by atoms with Crippen molar-refractivity contribution >= 4 is 29.1 Å². The summed E-state index contributed by atoms with van der Waals surface area (Å²) in [5.74, 6) is -2.29. The third-order valence-corrected chi connectivity index (χ3v) is 11.2. The zero-order valence-electron chi connectivity index (χ0n) is 26.5. The summed E-state index contributed by atoms with van der Waals surface area (Å²) in [4.78, 5) is 54.3. The number of halogens is 2. The number of fused-ring (bicyclic) bond motifs is 7. The molecule has 2 aromatic rings. The van der Waals surface area contributed by atoms with Crippen molar-refractivity contribution in [2.75, 3.05) is 59.9 Å². The molecule has 6 aliphatic rings. The molecular weight excluding hydrogens is 631 g/mol. The predicted molar refractivity (Wildman–Crippen MR) is 162 cm³/mol. The summed E-state index contributed by atoms with van der Waals surface area (Å²) in [7, 11) is 3.64. The van der Waals surface area contributed by atoms with Gasteiger partial charge in [0.2, 0.25) is 5.91 Å². The Labute approximate surface area is 281 Å². The van der Waals surface area contributed by atoms with Gasteiger partial charge in [0.1, 0.15) is 51.5 Å². The number of hydrogen-bond acceptors (Lipinski definition) is 5. The van der Waals surface area contributed by atoms with Crippen LogP contribution in [0.1, 0.15) is 40.9 Å². The molecule has 2 aromatic carbocycles. The van der Waals surface area contributed by atoms with E-state index in [4.69, 9.17) is 0 Å². The first-order valence-electron chi connectivity index (χ1n) is 15.6. The molecule has 10 nitrogen and oxygen atoms in total. The lowest BCUT2D eigenvalue weighted by atomic mass is 9.76. The van der Waals surface area contributed by atoms with Crippen LogP contribution < -0.4 is 24.8 Å². The summed E-state index contributed by atoms with van der Waals surface area (Å²) >= 11 is 0. The Morgan fingerprint density at radius 2 is 1.52 bits per heavy atom. The van der Waals surface area contributed by atoms with E-state index in [1.807, 2.05) is 39.2 Å². The van der Waals surface area contributed by atoms with Crippen LogP contribution in [0, 0.1) is 11.8 Å². The molecule has 0 aromatic heterocycles. The summed E-state index contributed by atoms with van der Waals surface area (Å²) in [6, 6.07) is 11.2. The van der Waals surface area contributed by atoms with E-state index in [0.29, 0.717) is 28.8 Å². The minimum Gasteiger partial charge on any atom is -1.00 e. The molecule has 0 saturated carbocycles. The molecule has 2 bridgehead atoms. The van der Waals surface area contributed by atoms with Crippen molar-refractivity contribution in [2.45, 2.75) is 32.5 Å². The molecule has 8 rings (SSSR count). The van der Waals surface area contributed by atoms with E-state index in [-0.39, 0.29) is 54.0 Å². The molecule has 2 N–H and O–H groups in total. The van der Waals surface area contributed by atoms with Crippen molar-refractivity contribution in [3.63, 3.8) is 0 Å². The van der Waals surface area contributed by atoms with Crippen molar-refractivity contribution in [3.05, 3.63) is 64.3 Å². The molecule has 246 valence electrons. The molecule has 0 radical (unpaired) electrons. The SMILES string of the molecule is C[C@@H](O)[C@H]1C(=O)N2C(C(=O)O)=C(c3ccc4c(c3)-c3ccc(C[N+]56CC[N+](CC(=O)N(C)C)(CC5)CC6)cc3C4=O)[C@H](C)[C@H]12.[Cl-].[Cl-]. The second-order valence-electron chi connectivity index (χ2n) is 13.9.